The van der Waals surface area contributed by atoms with E-state index < -0.39 is 5.63 Å². The molecule has 0 fully saturated rings. The zero-order valence-corrected chi connectivity index (χ0v) is 20.2. The maximum absolute atomic E-state index is 13.1. The van der Waals surface area contributed by atoms with Crippen molar-refractivity contribution in [2.24, 2.45) is 0 Å². The zero-order valence-electron chi connectivity index (χ0n) is 18.6. The second-order valence-corrected chi connectivity index (χ2v) is 9.26. The van der Waals surface area contributed by atoms with Gasteiger partial charge in [0.1, 0.15) is 5.58 Å². The summed E-state index contributed by atoms with van der Waals surface area (Å²) in [4.78, 5) is 25.3. The highest BCUT2D eigenvalue weighted by Crippen LogP contribution is 2.30. The van der Waals surface area contributed by atoms with Crippen LogP contribution in [0.4, 0.5) is 0 Å². The van der Waals surface area contributed by atoms with Gasteiger partial charge in [-0.2, -0.15) is 0 Å². The Bertz CT molecular complexity index is 1660. The number of rotatable bonds is 7. The average Bonchev–Trinajstić information content (AvgIpc) is 3.25. The predicted octanol–water partition coefficient (Wildman–Crippen LogP) is 4.44. The number of hydrogen-bond acceptors (Lipinski definition) is 7. The predicted molar refractivity (Wildman–Crippen MR) is 133 cm³/mol. The molecule has 0 N–H and O–H groups in total. The number of fused-ring (bicyclic) bond motifs is 4. The SMILES string of the molecule is COCCCn1c(=O)c2ccccc2n2c(SCc3cc(=O)oc4cc(C)c(Cl)cc34)nnc12. The topological polar surface area (TPSA) is 91.6 Å². The summed E-state index contributed by atoms with van der Waals surface area (Å²) in [5.41, 5.74) is 2.31. The summed E-state index contributed by atoms with van der Waals surface area (Å²) in [5, 5.41) is 11.3. The van der Waals surface area contributed by atoms with Gasteiger partial charge in [0.2, 0.25) is 5.78 Å². The van der Waals surface area contributed by atoms with E-state index in [1.165, 1.54) is 17.8 Å². The Labute approximate surface area is 203 Å². The van der Waals surface area contributed by atoms with Crippen LogP contribution in [0.5, 0.6) is 0 Å². The molecule has 0 aliphatic heterocycles. The molecule has 0 spiro atoms. The van der Waals surface area contributed by atoms with E-state index in [0.29, 0.717) is 52.3 Å². The van der Waals surface area contributed by atoms with Crippen LogP contribution in [0.25, 0.3) is 27.6 Å². The molecular weight excluding hydrogens is 476 g/mol. The summed E-state index contributed by atoms with van der Waals surface area (Å²) in [6.45, 7) is 2.86. The Balaban J connectivity index is 1.60. The second kappa shape index (κ2) is 9.25. The fourth-order valence-corrected chi connectivity index (χ4v) is 5.10. The molecule has 3 aromatic heterocycles. The summed E-state index contributed by atoms with van der Waals surface area (Å²) in [5.74, 6) is 0.915. The van der Waals surface area contributed by atoms with Crippen molar-refractivity contribution < 1.29 is 9.15 Å². The van der Waals surface area contributed by atoms with E-state index >= 15 is 0 Å². The van der Waals surface area contributed by atoms with Crippen molar-refractivity contribution in [1.29, 1.82) is 0 Å². The van der Waals surface area contributed by atoms with E-state index in [1.54, 1.807) is 23.8 Å². The maximum Gasteiger partial charge on any atom is 0.336 e. The number of para-hydroxylation sites is 1. The lowest BCUT2D eigenvalue weighted by Gasteiger charge is -2.11. The van der Waals surface area contributed by atoms with Crippen LogP contribution < -0.4 is 11.2 Å². The molecule has 10 heteroatoms. The fraction of sp³-hybridized carbons (Fsp3) is 0.250. The Morgan fingerprint density at radius 2 is 1.94 bits per heavy atom. The van der Waals surface area contributed by atoms with Crippen LogP contribution in [0.2, 0.25) is 5.02 Å². The van der Waals surface area contributed by atoms with E-state index in [4.69, 9.17) is 20.8 Å². The number of ether oxygens (including phenoxy) is 1. The normalized spacial score (nSPS) is 11.7. The van der Waals surface area contributed by atoms with Crippen molar-refractivity contribution in [3.8, 4) is 0 Å². The van der Waals surface area contributed by atoms with Gasteiger partial charge in [-0.05, 0) is 48.7 Å². The maximum atomic E-state index is 13.1. The number of thioether (sulfide) groups is 1. The van der Waals surface area contributed by atoms with E-state index in [0.717, 1.165) is 22.0 Å². The third kappa shape index (κ3) is 4.00. The largest absolute Gasteiger partial charge is 0.423 e. The van der Waals surface area contributed by atoms with Crippen LogP contribution in [-0.2, 0) is 17.0 Å². The molecule has 0 radical (unpaired) electrons. The highest BCUT2D eigenvalue weighted by Gasteiger charge is 2.17. The molecule has 3 heterocycles. The van der Waals surface area contributed by atoms with Crippen LogP contribution in [0.15, 0.2) is 61.6 Å². The smallest absolute Gasteiger partial charge is 0.336 e. The lowest BCUT2D eigenvalue weighted by atomic mass is 10.1. The molecular formula is C24H21ClN4O4S. The molecule has 0 bridgehead atoms. The molecule has 2 aromatic carbocycles. The van der Waals surface area contributed by atoms with Gasteiger partial charge in [-0.3, -0.25) is 13.8 Å². The molecule has 0 saturated heterocycles. The first-order valence-electron chi connectivity index (χ1n) is 10.7. The van der Waals surface area contributed by atoms with Crippen LogP contribution in [0.3, 0.4) is 0 Å². The standard InChI is InChI=1S/C24H21ClN4O4S/c1-14-10-20-17(12-18(14)25)15(11-21(30)33-20)13-34-24-27-26-23-28(8-5-9-32-2)22(31)16-6-3-4-7-19(16)29(23)24/h3-4,6-7,10-12H,5,8-9,13H2,1-2H3. The number of benzene rings is 2. The van der Waals surface area contributed by atoms with E-state index in [1.807, 2.05) is 35.6 Å². The molecule has 0 unspecified atom stereocenters. The van der Waals surface area contributed by atoms with E-state index in [9.17, 15) is 9.59 Å². The monoisotopic (exact) mass is 496 g/mol. The lowest BCUT2D eigenvalue weighted by molar-refractivity contribution is 0.190. The third-order valence-electron chi connectivity index (χ3n) is 5.67. The van der Waals surface area contributed by atoms with Crippen molar-refractivity contribution in [3.63, 3.8) is 0 Å². The Kier molecular flexibility index (Phi) is 6.16. The third-order valence-corrected chi connectivity index (χ3v) is 7.06. The highest BCUT2D eigenvalue weighted by atomic mass is 35.5. The van der Waals surface area contributed by atoms with Gasteiger partial charge in [-0.15, -0.1) is 10.2 Å². The summed E-state index contributed by atoms with van der Waals surface area (Å²) < 4.78 is 14.0. The van der Waals surface area contributed by atoms with Crippen molar-refractivity contribution in [2.45, 2.75) is 30.8 Å². The van der Waals surface area contributed by atoms with Crippen molar-refractivity contribution in [1.82, 2.24) is 19.2 Å². The number of methoxy groups -OCH3 is 1. The average molecular weight is 497 g/mol. The number of hydrogen-bond donors (Lipinski definition) is 0. The Morgan fingerprint density at radius 3 is 2.76 bits per heavy atom. The zero-order chi connectivity index (χ0) is 23.8. The number of aromatic nitrogens is 4. The Hall–Kier alpha value is -3.14. The van der Waals surface area contributed by atoms with Crippen molar-refractivity contribution in [3.05, 3.63) is 79.4 Å². The molecule has 34 heavy (non-hydrogen) atoms. The van der Waals surface area contributed by atoms with Crippen LogP contribution >= 0.6 is 23.4 Å². The molecule has 5 rings (SSSR count). The minimum Gasteiger partial charge on any atom is -0.423 e. The molecule has 174 valence electrons. The minimum absolute atomic E-state index is 0.111. The lowest BCUT2D eigenvalue weighted by Crippen LogP contribution is -2.24. The van der Waals surface area contributed by atoms with Crippen LogP contribution in [0.1, 0.15) is 17.5 Å². The number of nitrogens with zero attached hydrogens (tertiary/aromatic N) is 4. The van der Waals surface area contributed by atoms with Gasteiger partial charge in [0.05, 0.1) is 10.9 Å². The molecule has 0 saturated carbocycles. The number of halogens is 1. The van der Waals surface area contributed by atoms with Gasteiger partial charge in [0, 0.05) is 42.5 Å². The van der Waals surface area contributed by atoms with Gasteiger partial charge in [0.25, 0.3) is 5.56 Å². The summed E-state index contributed by atoms with van der Waals surface area (Å²) >= 11 is 7.76. The minimum atomic E-state index is -0.423. The first-order valence-corrected chi connectivity index (χ1v) is 12.1. The summed E-state index contributed by atoms with van der Waals surface area (Å²) in [6.07, 6.45) is 0.672. The van der Waals surface area contributed by atoms with Crippen molar-refractivity contribution in [2.75, 3.05) is 13.7 Å². The van der Waals surface area contributed by atoms with Gasteiger partial charge in [-0.25, -0.2) is 4.79 Å². The van der Waals surface area contributed by atoms with Crippen LogP contribution in [-0.4, -0.2) is 32.9 Å². The number of aryl methyl sites for hydroxylation is 2. The fourth-order valence-electron chi connectivity index (χ4n) is 4.01. The molecule has 0 aliphatic rings. The molecule has 0 atom stereocenters. The molecule has 8 nitrogen and oxygen atoms in total. The van der Waals surface area contributed by atoms with Gasteiger partial charge < -0.3 is 9.15 Å². The van der Waals surface area contributed by atoms with Gasteiger partial charge >= 0.3 is 5.63 Å². The summed E-state index contributed by atoms with van der Waals surface area (Å²) in [7, 11) is 1.63. The van der Waals surface area contributed by atoms with E-state index in [2.05, 4.69) is 10.2 Å². The molecule has 0 aliphatic carbocycles. The first-order chi connectivity index (χ1) is 16.5. The van der Waals surface area contributed by atoms with E-state index in [-0.39, 0.29) is 5.56 Å². The second-order valence-electron chi connectivity index (χ2n) is 7.92. The van der Waals surface area contributed by atoms with Crippen molar-refractivity contribution >= 4 is 51.0 Å². The molecule has 5 aromatic rings. The molecule has 0 amide bonds. The highest BCUT2D eigenvalue weighted by molar-refractivity contribution is 7.98. The van der Waals surface area contributed by atoms with Gasteiger partial charge in [0.15, 0.2) is 5.16 Å². The Morgan fingerprint density at radius 1 is 1.12 bits per heavy atom. The van der Waals surface area contributed by atoms with Gasteiger partial charge in [-0.1, -0.05) is 35.5 Å². The first kappa shape index (κ1) is 22.6. The van der Waals surface area contributed by atoms with Crippen LogP contribution in [0, 0.1) is 6.92 Å². The quantitative estimate of drug-likeness (QED) is 0.187. The summed E-state index contributed by atoms with van der Waals surface area (Å²) in [6, 6.07) is 12.5.